The molecule has 5 rings (SSSR count). The summed E-state index contributed by atoms with van der Waals surface area (Å²) in [6.45, 7) is 1.87. The highest BCUT2D eigenvalue weighted by Gasteiger charge is 2.44. The van der Waals surface area contributed by atoms with Gasteiger partial charge in [-0.15, -0.1) is 0 Å². The quantitative estimate of drug-likeness (QED) is 0.466. The highest BCUT2D eigenvalue weighted by molar-refractivity contribution is 6.10. The molecule has 0 bridgehead atoms. The summed E-state index contributed by atoms with van der Waals surface area (Å²) >= 11 is 0. The zero-order chi connectivity index (χ0) is 21.0. The molecule has 1 aromatic heterocycles. The molecule has 1 atom stereocenters. The Morgan fingerprint density at radius 1 is 0.933 bits per heavy atom. The van der Waals surface area contributed by atoms with Crippen molar-refractivity contribution < 1.29 is 18.0 Å². The van der Waals surface area contributed by atoms with Crippen molar-refractivity contribution in [1.82, 2.24) is 0 Å². The number of anilines is 1. The first-order valence-corrected chi connectivity index (χ1v) is 9.36. The predicted molar refractivity (Wildman–Crippen MR) is 109 cm³/mol. The molecule has 1 aliphatic heterocycles. The first-order chi connectivity index (χ1) is 14.5. The molecule has 3 aromatic carbocycles. The van der Waals surface area contributed by atoms with E-state index in [-0.39, 0.29) is 27.9 Å². The average molecular weight is 403 g/mol. The van der Waals surface area contributed by atoms with Crippen molar-refractivity contribution >= 4 is 22.6 Å². The summed E-state index contributed by atoms with van der Waals surface area (Å²) in [5, 5.41) is 0.00832. The van der Waals surface area contributed by atoms with Crippen LogP contribution in [0.1, 0.15) is 33.3 Å². The summed E-state index contributed by atoms with van der Waals surface area (Å²) in [6.07, 6.45) is 0. The molecule has 0 radical (unpaired) electrons. The molecular formula is C24H15F2NO3. The molecule has 4 nitrogen and oxygen atoms in total. The largest absolute Gasteiger partial charge is 0.450 e. The van der Waals surface area contributed by atoms with Gasteiger partial charge in [0.25, 0.3) is 5.91 Å². The van der Waals surface area contributed by atoms with Gasteiger partial charge in [-0.25, -0.2) is 8.78 Å². The van der Waals surface area contributed by atoms with Gasteiger partial charge in [0.1, 0.15) is 17.2 Å². The van der Waals surface area contributed by atoms with Crippen LogP contribution in [0.15, 0.2) is 75.9 Å². The van der Waals surface area contributed by atoms with Crippen LogP contribution in [0.2, 0.25) is 0 Å². The minimum atomic E-state index is -1.03. The Hall–Kier alpha value is -3.80. The molecule has 4 aromatic rings. The van der Waals surface area contributed by atoms with Crippen molar-refractivity contribution in [1.29, 1.82) is 0 Å². The van der Waals surface area contributed by atoms with Crippen molar-refractivity contribution in [3.8, 4) is 0 Å². The summed E-state index contributed by atoms with van der Waals surface area (Å²) in [5.74, 6) is -1.86. The fourth-order valence-electron chi connectivity index (χ4n) is 3.98. The molecule has 0 spiro atoms. The van der Waals surface area contributed by atoms with Gasteiger partial charge >= 0.3 is 0 Å². The maximum absolute atomic E-state index is 14.8. The monoisotopic (exact) mass is 403 g/mol. The highest BCUT2D eigenvalue weighted by Crippen LogP contribution is 2.42. The number of fused-ring (bicyclic) bond motifs is 2. The first kappa shape index (κ1) is 18.2. The maximum Gasteiger partial charge on any atom is 0.295 e. The average Bonchev–Trinajstić information content (AvgIpc) is 3.01. The van der Waals surface area contributed by atoms with E-state index in [0.29, 0.717) is 5.69 Å². The lowest BCUT2D eigenvalue weighted by atomic mass is 9.97. The van der Waals surface area contributed by atoms with E-state index in [1.54, 1.807) is 24.3 Å². The number of hydrogen-bond acceptors (Lipinski definition) is 3. The standard InChI is InChI=1S/C24H15F2NO3/c1-13-5-4-6-15(11-13)27-21(16-7-2-3-8-18(16)26)20-22(28)17-12-14(25)9-10-19(17)30-23(20)24(27)29/h2-12,21H,1H3. The molecule has 0 saturated heterocycles. The van der Waals surface area contributed by atoms with Crippen molar-refractivity contribution in [2.45, 2.75) is 13.0 Å². The van der Waals surface area contributed by atoms with Gasteiger partial charge < -0.3 is 4.42 Å². The number of hydrogen-bond donors (Lipinski definition) is 0. The van der Waals surface area contributed by atoms with Crippen molar-refractivity contribution in [3.63, 3.8) is 0 Å². The number of aryl methyl sites for hydroxylation is 1. The van der Waals surface area contributed by atoms with E-state index in [0.717, 1.165) is 17.7 Å². The van der Waals surface area contributed by atoms with Crippen LogP contribution in [-0.4, -0.2) is 5.91 Å². The third-order valence-corrected chi connectivity index (χ3v) is 5.31. The van der Waals surface area contributed by atoms with E-state index in [2.05, 4.69) is 0 Å². The second-order valence-electron chi connectivity index (χ2n) is 7.25. The predicted octanol–water partition coefficient (Wildman–Crippen LogP) is 5.13. The van der Waals surface area contributed by atoms with Crippen LogP contribution in [0, 0.1) is 18.6 Å². The first-order valence-electron chi connectivity index (χ1n) is 9.36. The fraction of sp³-hybridized carbons (Fsp3) is 0.0833. The van der Waals surface area contributed by atoms with Gasteiger partial charge in [-0.1, -0.05) is 30.3 Å². The topological polar surface area (TPSA) is 50.5 Å². The second-order valence-corrected chi connectivity index (χ2v) is 7.25. The summed E-state index contributed by atoms with van der Waals surface area (Å²) in [7, 11) is 0. The molecular weight excluding hydrogens is 388 g/mol. The number of amides is 1. The van der Waals surface area contributed by atoms with E-state index in [4.69, 9.17) is 4.42 Å². The summed E-state index contributed by atoms with van der Waals surface area (Å²) in [5.41, 5.74) is 1.12. The van der Waals surface area contributed by atoms with Crippen LogP contribution in [0.5, 0.6) is 0 Å². The third kappa shape index (κ3) is 2.64. The number of carbonyl (C=O) groups is 1. The van der Waals surface area contributed by atoms with E-state index in [1.807, 2.05) is 13.0 Å². The lowest BCUT2D eigenvalue weighted by Crippen LogP contribution is -2.30. The summed E-state index contributed by atoms with van der Waals surface area (Å²) in [6, 6.07) is 15.6. The van der Waals surface area contributed by atoms with Gasteiger partial charge in [0.2, 0.25) is 5.76 Å². The van der Waals surface area contributed by atoms with Crippen LogP contribution in [0.3, 0.4) is 0 Å². The van der Waals surface area contributed by atoms with Crippen LogP contribution in [0.25, 0.3) is 11.0 Å². The van der Waals surface area contributed by atoms with E-state index >= 15 is 0 Å². The Labute approximate surface area is 170 Å². The lowest BCUT2D eigenvalue weighted by molar-refractivity contribution is 0.0971. The van der Waals surface area contributed by atoms with Crippen LogP contribution in [0.4, 0.5) is 14.5 Å². The molecule has 0 saturated carbocycles. The van der Waals surface area contributed by atoms with E-state index in [9.17, 15) is 18.4 Å². The number of halogens is 2. The summed E-state index contributed by atoms with van der Waals surface area (Å²) < 4.78 is 34.4. The minimum absolute atomic E-state index is 0.00436. The molecule has 30 heavy (non-hydrogen) atoms. The third-order valence-electron chi connectivity index (χ3n) is 5.31. The Balaban J connectivity index is 1.86. The number of benzene rings is 3. The molecule has 0 fully saturated rings. The molecule has 1 amide bonds. The van der Waals surface area contributed by atoms with E-state index < -0.39 is 29.0 Å². The van der Waals surface area contributed by atoms with Crippen LogP contribution in [-0.2, 0) is 0 Å². The maximum atomic E-state index is 14.8. The van der Waals surface area contributed by atoms with Gasteiger partial charge in [0, 0.05) is 11.3 Å². The minimum Gasteiger partial charge on any atom is -0.450 e. The Morgan fingerprint density at radius 2 is 1.73 bits per heavy atom. The van der Waals surface area contributed by atoms with Gasteiger partial charge in [0.05, 0.1) is 17.0 Å². The fourth-order valence-corrected chi connectivity index (χ4v) is 3.98. The summed E-state index contributed by atoms with van der Waals surface area (Å²) in [4.78, 5) is 28.0. The Kier molecular flexibility index (Phi) is 4.03. The molecule has 2 heterocycles. The molecule has 0 N–H and O–H groups in total. The Morgan fingerprint density at radius 3 is 2.50 bits per heavy atom. The van der Waals surface area contributed by atoms with Gasteiger partial charge in [-0.3, -0.25) is 14.5 Å². The van der Waals surface area contributed by atoms with Crippen LogP contribution < -0.4 is 10.3 Å². The van der Waals surface area contributed by atoms with Crippen molar-refractivity contribution in [2.75, 3.05) is 4.90 Å². The second kappa shape index (κ2) is 6.62. The number of rotatable bonds is 2. The van der Waals surface area contributed by atoms with Gasteiger partial charge in [0.15, 0.2) is 5.43 Å². The van der Waals surface area contributed by atoms with E-state index in [1.165, 1.54) is 29.2 Å². The lowest BCUT2D eigenvalue weighted by Gasteiger charge is -2.25. The van der Waals surface area contributed by atoms with Gasteiger partial charge in [-0.2, -0.15) is 0 Å². The van der Waals surface area contributed by atoms with Crippen LogP contribution >= 0.6 is 0 Å². The zero-order valence-electron chi connectivity index (χ0n) is 15.9. The van der Waals surface area contributed by atoms with Crippen molar-refractivity contribution in [3.05, 3.63) is 111 Å². The molecule has 6 heteroatoms. The normalized spacial score (nSPS) is 15.6. The molecule has 0 aliphatic carbocycles. The molecule has 1 aliphatic rings. The van der Waals surface area contributed by atoms with Gasteiger partial charge in [-0.05, 0) is 48.9 Å². The SMILES string of the molecule is Cc1cccc(N2C(=O)c3oc4ccc(F)cc4c(=O)c3C2c2ccccc2F)c1. The number of carbonyl (C=O) groups excluding carboxylic acids is 1. The Bertz CT molecular complexity index is 1390. The van der Waals surface area contributed by atoms with Crippen molar-refractivity contribution in [2.24, 2.45) is 0 Å². The molecule has 148 valence electrons. The molecule has 1 unspecified atom stereocenters. The highest BCUT2D eigenvalue weighted by atomic mass is 19.1. The zero-order valence-corrected chi connectivity index (χ0v) is 15.9. The number of nitrogens with zero attached hydrogens (tertiary/aromatic N) is 1. The smallest absolute Gasteiger partial charge is 0.295 e.